The van der Waals surface area contributed by atoms with E-state index in [1.54, 1.807) is 6.92 Å². The second kappa shape index (κ2) is 5.60. The molecule has 4 saturated carbocycles. The van der Waals surface area contributed by atoms with E-state index >= 15 is 0 Å². The van der Waals surface area contributed by atoms with Crippen LogP contribution in [0.4, 0.5) is 0 Å². The zero-order chi connectivity index (χ0) is 14.3. The molecule has 1 atom stereocenters. The molecule has 1 N–H and O–H groups in total. The van der Waals surface area contributed by atoms with Gasteiger partial charge in [0.1, 0.15) is 9.84 Å². The predicted octanol–water partition coefficient (Wildman–Crippen LogP) is 2.63. The van der Waals surface area contributed by atoms with Crippen molar-refractivity contribution in [2.45, 2.75) is 58.0 Å². The van der Waals surface area contributed by atoms with E-state index < -0.39 is 9.84 Å². The minimum Gasteiger partial charge on any atom is -0.393 e. The van der Waals surface area contributed by atoms with Crippen LogP contribution in [0.2, 0.25) is 0 Å². The van der Waals surface area contributed by atoms with Crippen molar-refractivity contribution >= 4 is 9.84 Å². The SMILES string of the molecule is CCS(=O)(=O)CCCC(O)C1C2CC3CC(C2)CC1C3. The summed E-state index contributed by atoms with van der Waals surface area (Å²) in [4.78, 5) is 0. The standard InChI is InChI=1S/C16H28O3S/c1-2-20(18,19)5-3-4-15(17)16-13-7-11-6-12(9-13)10-14(16)8-11/h11-17H,2-10H2,1H3. The smallest absolute Gasteiger partial charge is 0.150 e. The molecule has 116 valence electrons. The molecular weight excluding hydrogens is 272 g/mol. The highest BCUT2D eigenvalue weighted by Crippen LogP contribution is 2.57. The van der Waals surface area contributed by atoms with Crippen LogP contribution in [0.25, 0.3) is 0 Å². The largest absolute Gasteiger partial charge is 0.393 e. The van der Waals surface area contributed by atoms with Gasteiger partial charge in [0.15, 0.2) is 0 Å². The van der Waals surface area contributed by atoms with Crippen LogP contribution >= 0.6 is 0 Å². The molecule has 0 amide bonds. The van der Waals surface area contributed by atoms with Gasteiger partial charge in [-0.2, -0.15) is 0 Å². The summed E-state index contributed by atoms with van der Waals surface area (Å²) in [6.07, 6.45) is 7.75. The van der Waals surface area contributed by atoms with E-state index in [9.17, 15) is 13.5 Å². The number of rotatable bonds is 6. The summed E-state index contributed by atoms with van der Waals surface area (Å²) >= 11 is 0. The van der Waals surface area contributed by atoms with Gasteiger partial charge in [0, 0.05) is 5.75 Å². The van der Waals surface area contributed by atoms with E-state index in [2.05, 4.69) is 0 Å². The van der Waals surface area contributed by atoms with Crippen molar-refractivity contribution in [3.05, 3.63) is 0 Å². The van der Waals surface area contributed by atoms with Crippen LogP contribution in [-0.4, -0.2) is 31.1 Å². The van der Waals surface area contributed by atoms with E-state index in [-0.39, 0.29) is 17.6 Å². The van der Waals surface area contributed by atoms with Gasteiger partial charge in [-0.05, 0) is 74.5 Å². The Balaban J connectivity index is 1.54. The van der Waals surface area contributed by atoms with E-state index in [1.165, 1.54) is 32.1 Å². The summed E-state index contributed by atoms with van der Waals surface area (Å²) in [5, 5.41) is 10.6. The van der Waals surface area contributed by atoms with Crippen molar-refractivity contribution in [3.63, 3.8) is 0 Å². The molecule has 0 aromatic heterocycles. The van der Waals surface area contributed by atoms with Crippen LogP contribution in [0, 0.1) is 29.6 Å². The van der Waals surface area contributed by atoms with Crippen molar-refractivity contribution in [2.24, 2.45) is 29.6 Å². The van der Waals surface area contributed by atoms with Crippen molar-refractivity contribution in [2.75, 3.05) is 11.5 Å². The van der Waals surface area contributed by atoms with Gasteiger partial charge in [0.25, 0.3) is 0 Å². The average molecular weight is 300 g/mol. The van der Waals surface area contributed by atoms with E-state index in [1.807, 2.05) is 0 Å². The summed E-state index contributed by atoms with van der Waals surface area (Å²) < 4.78 is 23.0. The van der Waals surface area contributed by atoms with Crippen LogP contribution in [0.5, 0.6) is 0 Å². The Bertz CT molecular complexity index is 415. The first-order chi connectivity index (χ1) is 9.48. The number of sulfone groups is 1. The molecule has 0 aromatic rings. The Morgan fingerprint density at radius 2 is 1.60 bits per heavy atom. The monoisotopic (exact) mass is 300 g/mol. The second-order valence-corrected chi connectivity index (χ2v) is 9.93. The third kappa shape index (κ3) is 2.92. The van der Waals surface area contributed by atoms with Crippen molar-refractivity contribution in [1.29, 1.82) is 0 Å². The molecule has 0 aliphatic heterocycles. The molecule has 4 fully saturated rings. The zero-order valence-corrected chi connectivity index (χ0v) is 13.3. The predicted molar refractivity (Wildman–Crippen MR) is 80.1 cm³/mol. The second-order valence-electron chi connectivity index (χ2n) is 7.45. The normalized spacial score (nSPS) is 41.0. The summed E-state index contributed by atoms with van der Waals surface area (Å²) in [5.41, 5.74) is 0. The Kier molecular flexibility index (Phi) is 4.15. The number of aliphatic hydroxyl groups excluding tert-OH is 1. The fourth-order valence-electron chi connectivity index (χ4n) is 5.44. The van der Waals surface area contributed by atoms with E-state index in [0.717, 1.165) is 23.7 Å². The molecular formula is C16H28O3S. The van der Waals surface area contributed by atoms with Gasteiger partial charge in [-0.15, -0.1) is 0 Å². The third-order valence-corrected chi connectivity index (χ3v) is 7.93. The zero-order valence-electron chi connectivity index (χ0n) is 12.5. The molecule has 3 nitrogen and oxygen atoms in total. The van der Waals surface area contributed by atoms with E-state index in [4.69, 9.17) is 0 Å². The number of hydrogen-bond acceptors (Lipinski definition) is 3. The molecule has 0 heterocycles. The van der Waals surface area contributed by atoms with Gasteiger partial charge in [-0.3, -0.25) is 0 Å². The van der Waals surface area contributed by atoms with Crippen molar-refractivity contribution in [3.8, 4) is 0 Å². The Labute approximate surface area is 123 Å². The first-order valence-electron chi connectivity index (χ1n) is 8.37. The van der Waals surface area contributed by atoms with Crippen molar-refractivity contribution in [1.82, 2.24) is 0 Å². The maximum atomic E-state index is 11.5. The number of aliphatic hydroxyl groups is 1. The van der Waals surface area contributed by atoms with Gasteiger partial charge >= 0.3 is 0 Å². The Hall–Kier alpha value is -0.0900. The van der Waals surface area contributed by atoms with Gasteiger partial charge in [-0.25, -0.2) is 8.42 Å². The summed E-state index contributed by atoms with van der Waals surface area (Å²) in [7, 11) is -2.88. The molecule has 4 heteroatoms. The lowest BCUT2D eigenvalue weighted by atomic mass is 9.50. The summed E-state index contributed by atoms with van der Waals surface area (Å²) in [5.74, 6) is 4.25. The molecule has 0 aromatic carbocycles. The highest BCUT2D eigenvalue weighted by Gasteiger charge is 2.50. The molecule has 4 bridgehead atoms. The van der Waals surface area contributed by atoms with Crippen LogP contribution in [0.3, 0.4) is 0 Å². The average Bonchev–Trinajstić information content (AvgIpc) is 2.37. The lowest BCUT2D eigenvalue weighted by molar-refractivity contribution is -0.0910. The quantitative estimate of drug-likeness (QED) is 0.820. The Morgan fingerprint density at radius 3 is 2.10 bits per heavy atom. The molecule has 0 spiro atoms. The molecule has 4 aliphatic rings. The van der Waals surface area contributed by atoms with E-state index in [0.29, 0.717) is 18.8 Å². The van der Waals surface area contributed by atoms with Gasteiger partial charge in [0.2, 0.25) is 0 Å². The fraction of sp³-hybridized carbons (Fsp3) is 1.00. The van der Waals surface area contributed by atoms with Gasteiger partial charge in [-0.1, -0.05) is 6.92 Å². The number of hydrogen-bond donors (Lipinski definition) is 1. The fourth-order valence-corrected chi connectivity index (χ4v) is 6.34. The van der Waals surface area contributed by atoms with Crippen molar-refractivity contribution < 1.29 is 13.5 Å². The third-order valence-electron chi connectivity index (χ3n) is 6.14. The van der Waals surface area contributed by atoms with Crippen LogP contribution in [0.15, 0.2) is 0 Å². The van der Waals surface area contributed by atoms with Crippen LogP contribution in [-0.2, 0) is 9.84 Å². The van der Waals surface area contributed by atoms with Crippen LogP contribution in [0.1, 0.15) is 51.9 Å². The molecule has 4 aliphatic carbocycles. The first-order valence-corrected chi connectivity index (χ1v) is 10.2. The molecule has 1 unspecified atom stereocenters. The highest BCUT2D eigenvalue weighted by atomic mass is 32.2. The minimum atomic E-state index is -2.88. The topological polar surface area (TPSA) is 54.4 Å². The van der Waals surface area contributed by atoms with Crippen LogP contribution < -0.4 is 0 Å². The molecule has 0 saturated heterocycles. The Morgan fingerprint density at radius 1 is 1.05 bits per heavy atom. The molecule has 20 heavy (non-hydrogen) atoms. The maximum Gasteiger partial charge on any atom is 0.150 e. The lowest BCUT2D eigenvalue weighted by Crippen LogP contribution is -2.49. The lowest BCUT2D eigenvalue weighted by Gasteiger charge is -2.55. The van der Waals surface area contributed by atoms with Gasteiger partial charge < -0.3 is 5.11 Å². The summed E-state index contributed by atoms with van der Waals surface area (Å²) in [6.45, 7) is 1.70. The molecule has 4 rings (SSSR count). The first kappa shape index (κ1) is 14.8. The minimum absolute atomic E-state index is 0.223. The van der Waals surface area contributed by atoms with Gasteiger partial charge in [0.05, 0.1) is 11.9 Å². The molecule has 0 radical (unpaired) electrons. The maximum absolute atomic E-state index is 11.5. The highest BCUT2D eigenvalue weighted by molar-refractivity contribution is 7.91. The summed E-state index contributed by atoms with van der Waals surface area (Å²) in [6, 6.07) is 0.